The van der Waals surface area contributed by atoms with Gasteiger partial charge in [-0.15, -0.1) is 0 Å². The van der Waals surface area contributed by atoms with Crippen molar-refractivity contribution in [3.63, 3.8) is 0 Å². The quantitative estimate of drug-likeness (QED) is 0.225. The highest BCUT2D eigenvalue weighted by Crippen LogP contribution is 2.33. The monoisotopic (exact) mass is 786 g/mol. The van der Waals surface area contributed by atoms with E-state index in [1.54, 1.807) is 17.8 Å². The highest BCUT2D eigenvalue weighted by molar-refractivity contribution is 7.90. The molecule has 0 saturated carbocycles. The number of hydrogen-bond donors (Lipinski definition) is 1. The average Bonchev–Trinajstić information content (AvgIpc) is 4.02. The van der Waals surface area contributed by atoms with Crippen LogP contribution in [0.3, 0.4) is 0 Å². The number of aromatic nitrogens is 12. The average molecular weight is 787 g/mol. The normalized spacial score (nSPS) is 18.0. The lowest BCUT2D eigenvalue weighted by molar-refractivity contribution is -0.0485. The number of sulfonamides is 1. The lowest BCUT2D eigenvalue weighted by Gasteiger charge is -2.18. The third-order valence-electron chi connectivity index (χ3n) is 9.84. The summed E-state index contributed by atoms with van der Waals surface area (Å²) in [5, 5.41) is 12.0. The molecule has 6 aromatic heterocycles. The molecule has 6 aromatic rings. The summed E-state index contributed by atoms with van der Waals surface area (Å²) < 4.78 is 81.4. The van der Waals surface area contributed by atoms with Gasteiger partial charge in [0.25, 0.3) is 0 Å². The molecule has 22 heteroatoms. The lowest BCUT2D eigenvalue weighted by atomic mass is 10.2. The fourth-order valence-electron chi connectivity index (χ4n) is 6.78. The fourth-order valence-corrected chi connectivity index (χ4v) is 7.78. The molecule has 2 fully saturated rings. The van der Waals surface area contributed by atoms with Crippen molar-refractivity contribution in [3.8, 4) is 34.5 Å². The Labute approximate surface area is 313 Å². The Bertz CT molecular complexity index is 2450. The van der Waals surface area contributed by atoms with Crippen LogP contribution in [0.2, 0.25) is 0 Å². The summed E-state index contributed by atoms with van der Waals surface area (Å²) in [6.07, 6.45) is 6.79. The first-order chi connectivity index (χ1) is 26.2. The number of halogens is 3. The standard InChI is InChI=1S/C17H20F3N7O3S.C16H21N7O/c1-4-27-10(2)12(7-23-27)14-24-13-15(25(14)3)21-9-22-16(13)30-11-5-6-26(8-11)31(28,29)17(18,19)20;1-4-23-10(2)12(8-20-23)14-21-13-15(22(14)3)18-9-19-16(13)24-11-5-6-17-7-11/h7,9,11H,4-6,8H2,1-3H3;8-9,11,17H,4-7H2,1-3H3. The number of aryl methyl sites for hydroxylation is 4. The predicted octanol–water partition coefficient (Wildman–Crippen LogP) is 3.15. The zero-order valence-corrected chi connectivity index (χ0v) is 31.9. The molecular weight excluding hydrogens is 746 g/mol. The van der Waals surface area contributed by atoms with Crippen molar-refractivity contribution in [2.75, 3.05) is 26.2 Å². The second kappa shape index (κ2) is 14.8. The van der Waals surface area contributed by atoms with Gasteiger partial charge >= 0.3 is 15.5 Å². The largest absolute Gasteiger partial charge is 0.511 e. The van der Waals surface area contributed by atoms with Gasteiger partial charge in [-0.05, 0) is 47.1 Å². The van der Waals surface area contributed by atoms with E-state index in [4.69, 9.17) is 14.5 Å². The van der Waals surface area contributed by atoms with Gasteiger partial charge in [0.15, 0.2) is 22.3 Å². The smallest absolute Gasteiger partial charge is 0.471 e. The van der Waals surface area contributed by atoms with Crippen LogP contribution in [0.15, 0.2) is 25.0 Å². The van der Waals surface area contributed by atoms with E-state index in [2.05, 4.69) is 54.3 Å². The van der Waals surface area contributed by atoms with Crippen molar-refractivity contribution in [3.05, 3.63) is 36.4 Å². The maximum Gasteiger partial charge on any atom is 0.511 e. The molecule has 1 N–H and O–H groups in total. The molecule has 2 atom stereocenters. The highest BCUT2D eigenvalue weighted by Gasteiger charge is 2.52. The minimum Gasteiger partial charge on any atom is -0.471 e. The Balaban J connectivity index is 0.000000174. The highest BCUT2D eigenvalue weighted by atomic mass is 32.2. The van der Waals surface area contributed by atoms with Gasteiger partial charge < -0.3 is 23.9 Å². The fraction of sp³-hybridized carbons (Fsp3) is 0.515. The molecule has 0 radical (unpaired) electrons. The molecule has 18 nitrogen and oxygen atoms in total. The van der Waals surface area contributed by atoms with Crippen LogP contribution in [0.4, 0.5) is 13.2 Å². The Morgan fingerprint density at radius 1 is 0.800 bits per heavy atom. The second-order valence-corrected chi connectivity index (χ2v) is 15.1. The number of ether oxygens (including phenoxy) is 2. The van der Waals surface area contributed by atoms with Crippen LogP contribution in [-0.4, -0.2) is 115 Å². The van der Waals surface area contributed by atoms with Crippen LogP contribution in [0.25, 0.3) is 45.1 Å². The van der Waals surface area contributed by atoms with Gasteiger partial charge in [-0.25, -0.2) is 28.4 Å². The number of imidazole rings is 2. The minimum absolute atomic E-state index is 0.0867. The molecule has 55 heavy (non-hydrogen) atoms. The topological polar surface area (TPSA) is 191 Å². The molecule has 0 amide bonds. The number of nitrogens with one attached hydrogen (secondary N) is 1. The van der Waals surface area contributed by atoms with Gasteiger partial charge in [0, 0.05) is 51.7 Å². The molecule has 0 spiro atoms. The van der Waals surface area contributed by atoms with E-state index in [0.29, 0.717) is 39.2 Å². The molecule has 8 rings (SSSR count). The molecule has 0 aliphatic carbocycles. The Morgan fingerprint density at radius 3 is 1.75 bits per heavy atom. The number of nitrogens with zero attached hydrogens (tertiary/aromatic N) is 13. The Morgan fingerprint density at radius 2 is 1.31 bits per heavy atom. The Kier molecular flexibility index (Phi) is 10.2. The van der Waals surface area contributed by atoms with Gasteiger partial charge in [-0.3, -0.25) is 9.36 Å². The van der Waals surface area contributed by atoms with Gasteiger partial charge in [0.2, 0.25) is 11.8 Å². The van der Waals surface area contributed by atoms with Gasteiger partial charge in [-0.2, -0.15) is 37.6 Å². The zero-order valence-electron chi connectivity index (χ0n) is 31.1. The first-order valence-electron chi connectivity index (χ1n) is 17.7. The molecule has 294 valence electrons. The van der Waals surface area contributed by atoms with E-state index in [9.17, 15) is 21.6 Å². The van der Waals surface area contributed by atoms with E-state index in [0.717, 1.165) is 60.0 Å². The van der Waals surface area contributed by atoms with E-state index in [1.165, 1.54) is 12.7 Å². The van der Waals surface area contributed by atoms with Crippen LogP contribution in [0.1, 0.15) is 38.1 Å². The van der Waals surface area contributed by atoms with Crippen LogP contribution in [0.5, 0.6) is 11.8 Å². The van der Waals surface area contributed by atoms with Gasteiger partial charge in [0.05, 0.1) is 30.1 Å². The number of rotatable bonds is 9. The maximum absolute atomic E-state index is 12.8. The first kappa shape index (κ1) is 38.1. The molecule has 2 unspecified atom stereocenters. The second-order valence-electron chi connectivity index (χ2n) is 13.2. The van der Waals surface area contributed by atoms with E-state index >= 15 is 0 Å². The van der Waals surface area contributed by atoms with E-state index in [1.807, 2.05) is 41.0 Å². The maximum atomic E-state index is 12.8. The van der Waals surface area contributed by atoms with Gasteiger partial charge in [-0.1, -0.05) is 0 Å². The third-order valence-corrected chi connectivity index (χ3v) is 11.4. The van der Waals surface area contributed by atoms with E-state index < -0.39 is 28.2 Å². The lowest BCUT2D eigenvalue weighted by Crippen LogP contribution is -2.40. The van der Waals surface area contributed by atoms with Crippen molar-refractivity contribution in [1.82, 2.24) is 68.2 Å². The molecular formula is C33H41F3N14O4S. The van der Waals surface area contributed by atoms with Crippen molar-refractivity contribution in [2.24, 2.45) is 14.1 Å². The number of fused-ring (bicyclic) bond motifs is 2. The van der Waals surface area contributed by atoms with Crippen LogP contribution < -0.4 is 14.8 Å². The molecule has 2 saturated heterocycles. The molecule has 2 aliphatic heterocycles. The minimum atomic E-state index is -5.40. The Hall–Kier alpha value is -5.22. The summed E-state index contributed by atoms with van der Waals surface area (Å²) in [5.41, 5.74) is 0.743. The van der Waals surface area contributed by atoms with Gasteiger partial charge in [0.1, 0.15) is 36.5 Å². The zero-order chi connectivity index (χ0) is 39.2. The summed E-state index contributed by atoms with van der Waals surface area (Å²) in [6.45, 7) is 10.7. The first-order valence-corrected chi connectivity index (χ1v) is 19.2. The molecule has 8 heterocycles. The number of hydrogen-bond acceptors (Lipinski definition) is 13. The van der Waals surface area contributed by atoms with Crippen LogP contribution in [0, 0.1) is 13.8 Å². The summed E-state index contributed by atoms with van der Waals surface area (Å²) in [7, 11) is -1.66. The third kappa shape index (κ3) is 6.97. The van der Waals surface area contributed by atoms with Crippen molar-refractivity contribution >= 4 is 32.4 Å². The summed E-state index contributed by atoms with van der Waals surface area (Å²) in [6, 6.07) is 0. The number of alkyl halides is 3. The van der Waals surface area contributed by atoms with Crippen LogP contribution in [-0.2, 0) is 37.2 Å². The van der Waals surface area contributed by atoms with E-state index in [-0.39, 0.29) is 24.9 Å². The summed E-state index contributed by atoms with van der Waals surface area (Å²) in [4.78, 5) is 26.4. The van der Waals surface area contributed by atoms with Crippen LogP contribution >= 0.6 is 0 Å². The van der Waals surface area contributed by atoms with Crippen molar-refractivity contribution < 1.29 is 31.1 Å². The molecule has 0 bridgehead atoms. The summed E-state index contributed by atoms with van der Waals surface area (Å²) in [5.74, 6) is 2.06. The molecule has 2 aliphatic rings. The SMILES string of the molecule is CCn1ncc(-c2nc3c(OC4CCN(S(=O)(=O)C(F)(F)F)C4)ncnc3n2C)c1C.CCn1ncc(-c2nc3c(OC4CCNC4)ncnc3n2C)c1C. The predicted molar refractivity (Wildman–Crippen MR) is 193 cm³/mol. The van der Waals surface area contributed by atoms with Crippen molar-refractivity contribution in [1.29, 1.82) is 0 Å². The summed E-state index contributed by atoms with van der Waals surface area (Å²) >= 11 is 0. The van der Waals surface area contributed by atoms with Crippen molar-refractivity contribution in [2.45, 2.75) is 71.3 Å². The molecule has 0 aromatic carbocycles.